The minimum Gasteiger partial charge on any atom is -0.508 e. The fraction of sp³-hybridized carbons (Fsp3) is 0.133. The van der Waals surface area contributed by atoms with Gasteiger partial charge in [-0.25, -0.2) is 0 Å². The van der Waals surface area contributed by atoms with Crippen molar-refractivity contribution in [3.8, 4) is 11.4 Å². The number of benzene rings is 2. The first-order valence-electron chi connectivity index (χ1n) is 6.60. The monoisotopic (exact) mass is 330 g/mol. The van der Waals surface area contributed by atoms with Gasteiger partial charge in [0.1, 0.15) is 5.75 Å². The average Bonchev–Trinajstić information content (AvgIpc) is 3.02. The second-order valence-electron chi connectivity index (χ2n) is 4.53. The van der Waals surface area contributed by atoms with Crippen molar-refractivity contribution in [3.63, 3.8) is 0 Å². The van der Waals surface area contributed by atoms with E-state index < -0.39 is 0 Å². The summed E-state index contributed by atoms with van der Waals surface area (Å²) >= 11 is 3.31. The van der Waals surface area contributed by atoms with E-state index in [9.17, 15) is 5.11 Å². The fourth-order valence-electron chi connectivity index (χ4n) is 1.89. The number of hydrogen-bond acceptors (Lipinski definition) is 6. The summed E-state index contributed by atoms with van der Waals surface area (Å²) in [6.07, 6.45) is 2.07. The number of nitrogens with zero attached hydrogens (tertiary/aromatic N) is 4. The van der Waals surface area contributed by atoms with Crippen molar-refractivity contribution in [3.05, 3.63) is 54.1 Å². The molecule has 2 aromatic carbocycles. The molecule has 112 valence electrons. The van der Waals surface area contributed by atoms with Gasteiger partial charge < -0.3 is 5.11 Å². The third-order valence-electron chi connectivity index (χ3n) is 3.06. The largest absolute Gasteiger partial charge is 0.508 e. The van der Waals surface area contributed by atoms with E-state index in [0.29, 0.717) is 0 Å². The molecule has 0 fully saturated rings. The number of tetrazole rings is 1. The van der Waals surface area contributed by atoms with E-state index in [4.69, 9.17) is 0 Å². The molecule has 0 unspecified atom stereocenters. The SMILES string of the molecule is CSc1ccc(CSc2nnnn2-c2ccc(O)cc2)cc1. The van der Waals surface area contributed by atoms with E-state index >= 15 is 0 Å². The molecule has 0 aliphatic rings. The lowest BCUT2D eigenvalue weighted by Gasteiger charge is -2.05. The lowest BCUT2D eigenvalue weighted by molar-refractivity contribution is 0.475. The lowest BCUT2D eigenvalue weighted by atomic mass is 10.2. The molecule has 1 heterocycles. The number of hydrogen-bond donors (Lipinski definition) is 1. The molecule has 0 aliphatic carbocycles. The molecule has 3 aromatic rings. The van der Waals surface area contributed by atoms with E-state index in [0.717, 1.165) is 16.6 Å². The molecule has 0 aliphatic heterocycles. The maximum atomic E-state index is 9.35. The zero-order valence-corrected chi connectivity index (χ0v) is 13.5. The minimum absolute atomic E-state index is 0.222. The molecule has 0 radical (unpaired) electrons. The molecular weight excluding hydrogens is 316 g/mol. The van der Waals surface area contributed by atoms with Gasteiger partial charge in [0.2, 0.25) is 5.16 Å². The Hall–Kier alpha value is -1.99. The summed E-state index contributed by atoms with van der Waals surface area (Å²) < 4.78 is 1.67. The molecule has 0 spiro atoms. The number of phenols is 1. The Morgan fingerprint density at radius 1 is 1.05 bits per heavy atom. The van der Waals surface area contributed by atoms with E-state index in [1.54, 1.807) is 52.5 Å². The van der Waals surface area contributed by atoms with Crippen molar-refractivity contribution in [2.24, 2.45) is 0 Å². The summed E-state index contributed by atoms with van der Waals surface area (Å²) in [5.74, 6) is 1.02. The van der Waals surface area contributed by atoms with Crippen LogP contribution in [0.25, 0.3) is 5.69 Å². The van der Waals surface area contributed by atoms with Crippen LogP contribution >= 0.6 is 23.5 Å². The Bertz CT molecular complexity index is 741. The second kappa shape index (κ2) is 6.85. The van der Waals surface area contributed by atoms with Crippen LogP contribution in [0.3, 0.4) is 0 Å². The molecule has 3 rings (SSSR count). The van der Waals surface area contributed by atoms with Crippen LogP contribution in [0.1, 0.15) is 5.56 Å². The summed E-state index contributed by atoms with van der Waals surface area (Å²) in [5.41, 5.74) is 2.05. The topological polar surface area (TPSA) is 63.8 Å². The van der Waals surface area contributed by atoms with Gasteiger partial charge in [-0.15, -0.1) is 16.9 Å². The van der Waals surface area contributed by atoms with Crippen molar-refractivity contribution >= 4 is 23.5 Å². The van der Waals surface area contributed by atoms with E-state index in [1.165, 1.54) is 10.5 Å². The van der Waals surface area contributed by atoms with E-state index in [1.807, 2.05) is 0 Å². The first-order chi connectivity index (χ1) is 10.8. The number of rotatable bonds is 5. The zero-order chi connectivity index (χ0) is 15.4. The van der Waals surface area contributed by atoms with Crippen molar-refractivity contribution in [2.45, 2.75) is 15.8 Å². The second-order valence-corrected chi connectivity index (χ2v) is 6.35. The van der Waals surface area contributed by atoms with Crippen LogP contribution in [0, 0.1) is 0 Å². The number of aromatic nitrogens is 4. The molecule has 0 saturated carbocycles. The van der Waals surface area contributed by atoms with E-state index in [2.05, 4.69) is 46.0 Å². The first kappa shape index (κ1) is 14.9. The normalized spacial score (nSPS) is 10.8. The van der Waals surface area contributed by atoms with Crippen LogP contribution in [0.2, 0.25) is 0 Å². The third-order valence-corrected chi connectivity index (χ3v) is 4.80. The standard InChI is InChI=1S/C15H14N4OS2/c1-21-14-8-2-11(3-9-14)10-22-15-16-17-18-19(15)12-4-6-13(20)7-5-12/h2-9,20H,10H2,1H3. The number of aromatic hydroxyl groups is 1. The smallest absolute Gasteiger partial charge is 0.214 e. The summed E-state index contributed by atoms with van der Waals surface area (Å²) in [6, 6.07) is 15.3. The van der Waals surface area contributed by atoms with Gasteiger partial charge in [-0.2, -0.15) is 4.68 Å². The van der Waals surface area contributed by atoms with Crippen LogP contribution in [-0.2, 0) is 5.75 Å². The van der Waals surface area contributed by atoms with E-state index in [-0.39, 0.29) is 5.75 Å². The van der Waals surface area contributed by atoms with Gasteiger partial charge >= 0.3 is 0 Å². The molecular formula is C15H14N4OS2. The Kier molecular flexibility index (Phi) is 4.65. The van der Waals surface area contributed by atoms with Gasteiger partial charge in [0, 0.05) is 10.6 Å². The van der Waals surface area contributed by atoms with Gasteiger partial charge in [-0.1, -0.05) is 23.9 Å². The molecule has 1 N–H and O–H groups in total. The Morgan fingerprint density at radius 3 is 2.45 bits per heavy atom. The Morgan fingerprint density at radius 2 is 1.77 bits per heavy atom. The van der Waals surface area contributed by atoms with Crippen LogP contribution in [-0.4, -0.2) is 31.6 Å². The molecule has 0 saturated heterocycles. The van der Waals surface area contributed by atoms with Crippen LogP contribution in [0.5, 0.6) is 5.75 Å². The first-order valence-corrected chi connectivity index (χ1v) is 8.81. The predicted molar refractivity (Wildman–Crippen MR) is 88.6 cm³/mol. The van der Waals surface area contributed by atoms with Crippen molar-refractivity contribution in [1.82, 2.24) is 20.2 Å². The highest BCUT2D eigenvalue weighted by atomic mass is 32.2. The molecule has 22 heavy (non-hydrogen) atoms. The highest BCUT2D eigenvalue weighted by Crippen LogP contribution is 2.24. The third kappa shape index (κ3) is 3.42. The molecule has 0 bridgehead atoms. The Balaban J connectivity index is 1.73. The number of phenolic OH excluding ortho intramolecular Hbond substituents is 1. The average molecular weight is 330 g/mol. The Labute approximate surface area is 136 Å². The molecule has 1 aromatic heterocycles. The van der Waals surface area contributed by atoms with Gasteiger partial charge in [0.25, 0.3) is 0 Å². The number of thioether (sulfide) groups is 2. The van der Waals surface area contributed by atoms with Crippen LogP contribution in [0.15, 0.2) is 58.6 Å². The van der Waals surface area contributed by atoms with Crippen molar-refractivity contribution < 1.29 is 5.11 Å². The van der Waals surface area contributed by atoms with Crippen LogP contribution in [0.4, 0.5) is 0 Å². The zero-order valence-electron chi connectivity index (χ0n) is 11.9. The fourth-order valence-corrected chi connectivity index (χ4v) is 3.15. The summed E-state index contributed by atoms with van der Waals surface area (Å²) in [4.78, 5) is 1.25. The lowest BCUT2D eigenvalue weighted by Crippen LogP contribution is -1.98. The molecule has 0 atom stereocenters. The van der Waals surface area contributed by atoms with Crippen molar-refractivity contribution in [2.75, 3.05) is 6.26 Å². The molecule has 5 nitrogen and oxygen atoms in total. The summed E-state index contributed by atoms with van der Waals surface area (Å²) in [6.45, 7) is 0. The molecule has 7 heteroatoms. The van der Waals surface area contributed by atoms with Gasteiger partial charge in [-0.05, 0) is 58.6 Å². The van der Waals surface area contributed by atoms with Crippen LogP contribution < -0.4 is 0 Å². The van der Waals surface area contributed by atoms with Gasteiger partial charge in [0.15, 0.2) is 0 Å². The maximum Gasteiger partial charge on any atom is 0.214 e. The highest BCUT2D eigenvalue weighted by Gasteiger charge is 2.09. The summed E-state index contributed by atoms with van der Waals surface area (Å²) in [5, 5.41) is 21.9. The van der Waals surface area contributed by atoms with Gasteiger partial charge in [-0.3, -0.25) is 0 Å². The molecule has 0 amide bonds. The highest BCUT2D eigenvalue weighted by molar-refractivity contribution is 7.98. The quantitative estimate of drug-likeness (QED) is 0.724. The maximum absolute atomic E-state index is 9.35. The summed E-state index contributed by atoms with van der Waals surface area (Å²) in [7, 11) is 0. The minimum atomic E-state index is 0.222. The van der Waals surface area contributed by atoms with Crippen molar-refractivity contribution in [1.29, 1.82) is 0 Å². The predicted octanol–water partition coefficient (Wildman–Crippen LogP) is 3.38. The van der Waals surface area contributed by atoms with Gasteiger partial charge in [0.05, 0.1) is 5.69 Å².